The van der Waals surface area contributed by atoms with Crippen molar-refractivity contribution >= 4 is 23.9 Å². The summed E-state index contributed by atoms with van der Waals surface area (Å²) in [5.74, 6) is -2.48. The summed E-state index contributed by atoms with van der Waals surface area (Å²) in [6, 6.07) is 0. The minimum absolute atomic E-state index is 0.00301. The van der Waals surface area contributed by atoms with Crippen LogP contribution in [-0.2, 0) is 19.2 Å². The van der Waals surface area contributed by atoms with E-state index in [-0.39, 0.29) is 102 Å². The molecule has 0 aromatic heterocycles. The van der Waals surface area contributed by atoms with Crippen LogP contribution in [0.4, 0.5) is 0 Å². The van der Waals surface area contributed by atoms with Gasteiger partial charge in [0.1, 0.15) is 0 Å². The topological polar surface area (TPSA) is 197 Å². The number of hydrogen-bond acceptors (Lipinski definition) is 8. The third-order valence-electron chi connectivity index (χ3n) is 22.4. The molecule has 4 rings (SSSR count). The van der Waals surface area contributed by atoms with Crippen molar-refractivity contribution in [2.75, 3.05) is 0 Å². The van der Waals surface area contributed by atoms with E-state index in [1.54, 1.807) is 0 Å². The van der Waals surface area contributed by atoms with Gasteiger partial charge in [-0.05, 0) is 205 Å². The van der Waals surface area contributed by atoms with Crippen LogP contribution in [0.5, 0.6) is 0 Å². The van der Waals surface area contributed by atoms with Gasteiger partial charge in [-0.2, -0.15) is 0 Å². The minimum Gasteiger partial charge on any atom is -0.481 e. The Morgan fingerprint density at radius 2 is 0.525 bits per heavy atom. The van der Waals surface area contributed by atoms with Gasteiger partial charge in [0, 0.05) is 57.2 Å². The lowest BCUT2D eigenvalue weighted by atomic mass is 9.47. The van der Waals surface area contributed by atoms with Gasteiger partial charge in [-0.25, -0.2) is 0 Å². The van der Waals surface area contributed by atoms with Crippen LogP contribution >= 0.6 is 0 Å². The van der Waals surface area contributed by atoms with Crippen LogP contribution in [0.15, 0.2) is 0 Å². The van der Waals surface area contributed by atoms with E-state index in [0.717, 1.165) is 103 Å². The van der Waals surface area contributed by atoms with E-state index in [1.807, 2.05) is 0 Å². The molecule has 0 radical (unpaired) electrons. The molecule has 4 aliphatic rings. The van der Waals surface area contributed by atoms with Crippen molar-refractivity contribution in [3.8, 4) is 0 Å². The summed E-state index contributed by atoms with van der Waals surface area (Å²) in [6.07, 6.45) is 17.3. The summed E-state index contributed by atoms with van der Waals surface area (Å²) in [4.78, 5) is 49.6. The number of rotatable bonds is 22. The first-order chi connectivity index (χ1) is 35.8. The van der Waals surface area contributed by atoms with E-state index in [2.05, 4.69) is 187 Å². The number of carboxylic acid groups (broad SMARTS) is 4. The molecule has 0 saturated carbocycles. The Morgan fingerprint density at radius 1 is 0.325 bits per heavy atom. The van der Waals surface area contributed by atoms with Crippen molar-refractivity contribution in [2.24, 2.45) is 56.2 Å². The Labute approximate surface area is 490 Å². The molecule has 0 aliphatic carbocycles. The highest BCUT2D eigenvalue weighted by atomic mass is 16.4. The molecule has 0 bridgehead atoms. The van der Waals surface area contributed by atoms with Gasteiger partial charge < -0.3 is 41.7 Å². The zero-order valence-electron chi connectivity index (χ0n) is 56.3. The zero-order chi connectivity index (χ0) is 62.0. The summed E-state index contributed by atoms with van der Waals surface area (Å²) in [5.41, 5.74) is -3.34. The summed E-state index contributed by atoms with van der Waals surface area (Å²) in [5, 5.41) is 56.6. The molecule has 4 unspecified atom stereocenters. The van der Waals surface area contributed by atoms with Gasteiger partial charge >= 0.3 is 23.9 Å². The van der Waals surface area contributed by atoms with E-state index >= 15 is 0 Å². The predicted molar refractivity (Wildman–Crippen MR) is 331 cm³/mol. The van der Waals surface area contributed by atoms with Crippen LogP contribution < -0.4 is 21.3 Å². The van der Waals surface area contributed by atoms with Crippen LogP contribution in [-0.4, -0.2) is 88.6 Å². The largest absolute Gasteiger partial charge is 0.481 e. The van der Waals surface area contributed by atoms with Crippen LogP contribution in [0.25, 0.3) is 0 Å². The SMILES string of the molecule is CC(C)(C)C1(C)CC(C(CCCCCCCC(=O)O)(C(=O)O)C2CC(C)(C(C)(C)C)NC(C)(C(C)(C)C)C2)CC(C)(C(C)(C)C)N1.CC1(C)CC(C(CCCCCCCC(=O)O)(C(=O)O)C2CC(C)(C)NC(C)(C)C2)CC(C)(C)N1. The number of hydrogen-bond donors (Lipinski definition) is 8. The third-order valence-corrected chi connectivity index (χ3v) is 22.4. The molecule has 8 N–H and O–H groups in total. The molecule has 12 nitrogen and oxygen atoms in total. The molecule has 0 aromatic rings. The second-order valence-corrected chi connectivity index (χ2v) is 34.8. The van der Waals surface area contributed by atoms with Crippen LogP contribution in [0.2, 0.25) is 0 Å². The first-order valence-electron chi connectivity index (χ1n) is 31.9. The van der Waals surface area contributed by atoms with Gasteiger partial charge in [0.25, 0.3) is 0 Å². The molecule has 4 aliphatic heterocycles. The average Bonchev–Trinajstić information content (AvgIpc) is 3.21. The van der Waals surface area contributed by atoms with E-state index < -0.39 is 34.7 Å². The molecule has 0 spiro atoms. The molecule has 4 heterocycles. The maximum absolute atomic E-state index is 14.4. The molecule has 4 fully saturated rings. The number of nitrogens with one attached hydrogen (secondary N) is 4. The Balaban J connectivity index is 0.000000439. The highest BCUT2D eigenvalue weighted by molar-refractivity contribution is 5.76. The summed E-state index contributed by atoms with van der Waals surface area (Å²) >= 11 is 0. The van der Waals surface area contributed by atoms with Crippen molar-refractivity contribution in [1.82, 2.24) is 21.3 Å². The number of piperidine rings is 4. The molecular formula is C68H128N4O8. The summed E-state index contributed by atoms with van der Waals surface area (Å²) in [6.45, 7) is 54.8. The maximum Gasteiger partial charge on any atom is 0.310 e. The molecule has 4 saturated heterocycles. The Bertz CT molecular complexity index is 1900. The number of unbranched alkanes of at least 4 members (excludes halogenated alkanes) is 8. The van der Waals surface area contributed by atoms with Gasteiger partial charge in [0.05, 0.1) is 10.8 Å². The fraction of sp³-hybridized carbons (Fsp3) is 0.941. The van der Waals surface area contributed by atoms with Crippen molar-refractivity contribution in [1.29, 1.82) is 0 Å². The van der Waals surface area contributed by atoms with Crippen LogP contribution in [0, 0.1) is 56.2 Å². The fourth-order valence-corrected chi connectivity index (χ4v) is 16.5. The molecule has 0 aromatic carbocycles. The Hall–Kier alpha value is -2.28. The lowest BCUT2D eigenvalue weighted by Crippen LogP contribution is -2.73. The summed E-state index contributed by atoms with van der Waals surface area (Å²) in [7, 11) is 0. The molecule has 80 heavy (non-hydrogen) atoms. The quantitative estimate of drug-likeness (QED) is 0.0478. The van der Waals surface area contributed by atoms with Gasteiger partial charge in [-0.15, -0.1) is 0 Å². The van der Waals surface area contributed by atoms with E-state index in [9.17, 15) is 29.4 Å². The maximum atomic E-state index is 14.4. The standard InChI is InChI=1S/C40H76N2O4.C28H52N2O4/c1-32(2,3)36(13)24-28(25-37(14,41-36)33(4,5)6)40(31(45)46,23-21-19-17-18-20-22-30(43)44)29-26-38(15,34(7,8)9)42-39(16,27-29)35(10,11)12;1-24(2)16-20(17-25(3,4)29-24)28(23(33)34,15-13-11-9-10-12-14-22(31)32)21-18-26(5,6)30-27(7,8)19-21/h28-29,41-42H,17-27H2,1-16H3,(H,43,44)(H,45,46);20-21,29-30H,9-19H2,1-8H3,(H,31,32)(H,33,34). The van der Waals surface area contributed by atoms with Crippen molar-refractivity contribution < 1.29 is 39.6 Å². The van der Waals surface area contributed by atoms with Crippen LogP contribution in [0.3, 0.4) is 0 Å². The summed E-state index contributed by atoms with van der Waals surface area (Å²) < 4.78 is 0. The second kappa shape index (κ2) is 25.4. The van der Waals surface area contributed by atoms with Gasteiger partial charge in [-0.3, -0.25) is 19.2 Å². The van der Waals surface area contributed by atoms with Crippen molar-refractivity contribution in [3.05, 3.63) is 0 Å². The molecule has 4 atom stereocenters. The van der Waals surface area contributed by atoms with E-state index in [4.69, 9.17) is 10.2 Å². The second-order valence-electron chi connectivity index (χ2n) is 34.8. The predicted octanol–water partition coefficient (Wildman–Crippen LogP) is 16.1. The molecule has 12 heteroatoms. The Kier molecular flexibility index (Phi) is 22.8. The lowest BCUT2D eigenvalue weighted by Gasteiger charge is -2.65. The first-order valence-corrected chi connectivity index (χ1v) is 31.9. The smallest absolute Gasteiger partial charge is 0.310 e. The molecule has 0 amide bonds. The highest BCUT2D eigenvalue weighted by Crippen LogP contribution is 2.62. The van der Waals surface area contributed by atoms with Gasteiger partial charge in [-0.1, -0.05) is 134 Å². The number of aliphatic carboxylic acids is 4. The van der Waals surface area contributed by atoms with Crippen molar-refractivity contribution in [2.45, 2.75) is 352 Å². The van der Waals surface area contributed by atoms with Crippen molar-refractivity contribution in [3.63, 3.8) is 0 Å². The van der Waals surface area contributed by atoms with Gasteiger partial charge in [0.15, 0.2) is 0 Å². The minimum atomic E-state index is -0.886. The normalized spacial score (nSPS) is 30.4. The third kappa shape index (κ3) is 17.4. The van der Waals surface area contributed by atoms with E-state index in [0.29, 0.717) is 25.7 Å². The number of carbonyl (C=O) groups is 4. The molecular weight excluding hydrogens is 1000 g/mol. The van der Waals surface area contributed by atoms with Gasteiger partial charge in [0.2, 0.25) is 0 Å². The Morgan fingerprint density at radius 3 is 0.725 bits per heavy atom. The number of carboxylic acids is 4. The van der Waals surface area contributed by atoms with Crippen LogP contribution in [0.1, 0.15) is 307 Å². The fourth-order valence-electron chi connectivity index (χ4n) is 16.5. The monoisotopic (exact) mass is 1130 g/mol. The van der Waals surface area contributed by atoms with E-state index in [1.165, 1.54) is 0 Å². The first kappa shape index (κ1) is 72.0. The zero-order valence-corrected chi connectivity index (χ0v) is 56.3. The lowest BCUT2D eigenvalue weighted by molar-refractivity contribution is -0.174. The molecule has 468 valence electrons. The highest BCUT2D eigenvalue weighted by Gasteiger charge is 2.65. The average molecular weight is 1130 g/mol.